The first-order chi connectivity index (χ1) is 11.2. The molecule has 0 saturated carbocycles. The van der Waals surface area contributed by atoms with Gasteiger partial charge in [0.15, 0.2) is 0 Å². The van der Waals surface area contributed by atoms with Crippen molar-refractivity contribution in [3.05, 3.63) is 0 Å². The van der Waals surface area contributed by atoms with Gasteiger partial charge in [-0.1, -0.05) is 13.3 Å². The summed E-state index contributed by atoms with van der Waals surface area (Å²) in [6, 6.07) is -2.13. The van der Waals surface area contributed by atoms with Gasteiger partial charge in [-0.05, 0) is 12.8 Å². The fraction of sp³-hybridized carbons (Fsp3) is 0.714. The number of aliphatic carboxylic acids is 2. The molecule has 0 aliphatic heterocycles. The standard InChI is InChI=1S/C14H25N3O6S/c1-2-3-6-17(7-12(19)20)13(21)10(8-24)16-11(18)5-4-9(15)14(22)23/h9-10,24H,2-8,15H2,1H3,(H,16,18)(H,19,20)(H,22,23). The number of nitrogens with two attached hydrogens (primary N) is 1. The van der Waals surface area contributed by atoms with E-state index in [1.165, 1.54) is 0 Å². The summed E-state index contributed by atoms with van der Waals surface area (Å²) in [7, 11) is 0. The molecule has 2 amide bonds. The molecule has 0 rings (SSSR count). The third-order valence-corrected chi connectivity index (χ3v) is 3.60. The van der Waals surface area contributed by atoms with Crippen molar-refractivity contribution in [2.45, 2.75) is 44.7 Å². The van der Waals surface area contributed by atoms with Crippen LogP contribution >= 0.6 is 12.6 Å². The van der Waals surface area contributed by atoms with Gasteiger partial charge in [-0.3, -0.25) is 19.2 Å². The highest BCUT2D eigenvalue weighted by Crippen LogP contribution is 2.03. The number of hydrogen-bond donors (Lipinski definition) is 5. The highest BCUT2D eigenvalue weighted by Gasteiger charge is 2.26. The van der Waals surface area contributed by atoms with Crippen LogP contribution in [-0.2, 0) is 19.2 Å². The average Bonchev–Trinajstić information content (AvgIpc) is 2.52. The zero-order valence-electron chi connectivity index (χ0n) is 13.6. The minimum absolute atomic E-state index is 0.00218. The van der Waals surface area contributed by atoms with Crippen molar-refractivity contribution in [2.24, 2.45) is 5.73 Å². The van der Waals surface area contributed by atoms with E-state index in [1.807, 2.05) is 6.92 Å². The van der Waals surface area contributed by atoms with E-state index in [-0.39, 0.29) is 25.1 Å². The van der Waals surface area contributed by atoms with E-state index < -0.39 is 42.4 Å². The lowest BCUT2D eigenvalue weighted by atomic mass is 10.1. The molecule has 0 saturated heterocycles. The van der Waals surface area contributed by atoms with E-state index in [0.29, 0.717) is 6.42 Å². The smallest absolute Gasteiger partial charge is 0.323 e. The molecule has 138 valence electrons. The Morgan fingerprint density at radius 3 is 2.33 bits per heavy atom. The van der Waals surface area contributed by atoms with Crippen LogP contribution in [0.4, 0.5) is 0 Å². The first kappa shape index (κ1) is 22.2. The third kappa shape index (κ3) is 8.73. The topological polar surface area (TPSA) is 150 Å². The SMILES string of the molecule is CCCCN(CC(=O)O)C(=O)C(CS)NC(=O)CCC(N)C(=O)O. The van der Waals surface area contributed by atoms with Crippen molar-refractivity contribution < 1.29 is 29.4 Å². The summed E-state index contributed by atoms with van der Waals surface area (Å²) in [5, 5.41) is 20.0. The predicted molar refractivity (Wildman–Crippen MR) is 89.8 cm³/mol. The van der Waals surface area contributed by atoms with E-state index in [4.69, 9.17) is 15.9 Å². The molecular formula is C14H25N3O6S. The lowest BCUT2D eigenvalue weighted by Gasteiger charge is -2.26. The first-order valence-electron chi connectivity index (χ1n) is 7.62. The maximum absolute atomic E-state index is 12.4. The van der Waals surface area contributed by atoms with E-state index in [0.717, 1.165) is 11.3 Å². The number of nitrogens with zero attached hydrogens (tertiary/aromatic N) is 1. The van der Waals surface area contributed by atoms with Gasteiger partial charge in [0.2, 0.25) is 11.8 Å². The normalized spacial score (nSPS) is 13.0. The number of carboxylic acids is 2. The van der Waals surface area contributed by atoms with Gasteiger partial charge in [-0.15, -0.1) is 0 Å². The molecule has 5 N–H and O–H groups in total. The predicted octanol–water partition coefficient (Wildman–Crippen LogP) is -0.694. The zero-order valence-corrected chi connectivity index (χ0v) is 14.5. The van der Waals surface area contributed by atoms with Crippen molar-refractivity contribution in [2.75, 3.05) is 18.8 Å². The number of carboxylic acid groups (broad SMARTS) is 2. The Hall–Kier alpha value is -1.81. The molecule has 0 spiro atoms. The molecule has 0 bridgehead atoms. The highest BCUT2D eigenvalue weighted by atomic mass is 32.1. The molecule has 0 aliphatic rings. The molecule has 0 aromatic carbocycles. The number of nitrogens with one attached hydrogen (secondary N) is 1. The molecule has 0 radical (unpaired) electrons. The quantitative estimate of drug-likeness (QED) is 0.288. The van der Waals surface area contributed by atoms with Crippen LogP contribution in [0.25, 0.3) is 0 Å². The van der Waals surface area contributed by atoms with Gasteiger partial charge < -0.3 is 26.2 Å². The molecule has 0 aromatic rings. The van der Waals surface area contributed by atoms with Gasteiger partial charge in [0, 0.05) is 18.7 Å². The van der Waals surface area contributed by atoms with Crippen LogP contribution in [0.5, 0.6) is 0 Å². The lowest BCUT2D eigenvalue weighted by molar-refractivity contribution is -0.145. The summed E-state index contributed by atoms with van der Waals surface area (Å²) in [4.78, 5) is 46.8. The van der Waals surface area contributed by atoms with Crippen LogP contribution in [0.15, 0.2) is 0 Å². The van der Waals surface area contributed by atoms with Crippen molar-refractivity contribution in [3.63, 3.8) is 0 Å². The number of thiol groups is 1. The second-order valence-electron chi connectivity index (χ2n) is 5.29. The highest BCUT2D eigenvalue weighted by molar-refractivity contribution is 7.80. The number of rotatable bonds is 12. The minimum Gasteiger partial charge on any atom is -0.480 e. The largest absolute Gasteiger partial charge is 0.480 e. The molecular weight excluding hydrogens is 338 g/mol. The second-order valence-corrected chi connectivity index (χ2v) is 5.66. The molecule has 0 heterocycles. The number of amides is 2. The average molecular weight is 363 g/mol. The maximum atomic E-state index is 12.4. The van der Waals surface area contributed by atoms with Gasteiger partial charge in [0.1, 0.15) is 18.6 Å². The van der Waals surface area contributed by atoms with E-state index in [9.17, 15) is 19.2 Å². The number of hydrogen-bond acceptors (Lipinski definition) is 6. The van der Waals surface area contributed by atoms with Crippen LogP contribution in [0, 0.1) is 0 Å². The van der Waals surface area contributed by atoms with Gasteiger partial charge in [0.25, 0.3) is 0 Å². The summed E-state index contributed by atoms with van der Waals surface area (Å²) < 4.78 is 0. The van der Waals surface area contributed by atoms with Crippen molar-refractivity contribution in [1.82, 2.24) is 10.2 Å². The minimum atomic E-state index is -1.21. The lowest BCUT2D eigenvalue weighted by Crippen LogP contribution is -2.51. The van der Waals surface area contributed by atoms with Gasteiger partial charge in [-0.25, -0.2) is 0 Å². The molecule has 9 nitrogen and oxygen atoms in total. The molecule has 2 atom stereocenters. The van der Waals surface area contributed by atoms with Crippen molar-refractivity contribution >= 4 is 36.4 Å². The van der Waals surface area contributed by atoms with E-state index in [2.05, 4.69) is 17.9 Å². The van der Waals surface area contributed by atoms with E-state index in [1.54, 1.807) is 0 Å². The molecule has 10 heteroatoms. The summed E-state index contributed by atoms with van der Waals surface area (Å²) in [6.45, 7) is 1.72. The van der Waals surface area contributed by atoms with E-state index >= 15 is 0 Å². The second kappa shape index (κ2) is 11.7. The monoisotopic (exact) mass is 363 g/mol. The van der Waals surface area contributed by atoms with Crippen LogP contribution < -0.4 is 11.1 Å². The van der Waals surface area contributed by atoms with Crippen molar-refractivity contribution in [1.29, 1.82) is 0 Å². The van der Waals surface area contributed by atoms with Gasteiger partial charge in [-0.2, -0.15) is 12.6 Å². The van der Waals surface area contributed by atoms with Crippen LogP contribution in [0.2, 0.25) is 0 Å². The molecule has 0 aromatic heterocycles. The Labute approximate surface area is 146 Å². The summed E-state index contributed by atoms with van der Waals surface area (Å²) in [5.41, 5.74) is 5.31. The Balaban J connectivity index is 4.71. The Kier molecular flexibility index (Phi) is 10.8. The summed E-state index contributed by atoms with van der Waals surface area (Å²) >= 11 is 4.02. The summed E-state index contributed by atoms with van der Waals surface area (Å²) in [5.74, 6) is -3.42. The maximum Gasteiger partial charge on any atom is 0.323 e. The Morgan fingerprint density at radius 1 is 1.25 bits per heavy atom. The molecule has 0 fully saturated rings. The molecule has 2 unspecified atom stereocenters. The van der Waals surface area contributed by atoms with Crippen LogP contribution in [0.3, 0.4) is 0 Å². The Bertz CT molecular complexity index is 460. The van der Waals surface area contributed by atoms with Gasteiger partial charge in [0.05, 0.1) is 0 Å². The van der Waals surface area contributed by atoms with Crippen LogP contribution in [-0.4, -0.2) is 69.8 Å². The first-order valence-corrected chi connectivity index (χ1v) is 8.25. The van der Waals surface area contributed by atoms with Crippen molar-refractivity contribution in [3.8, 4) is 0 Å². The number of unbranched alkanes of at least 4 members (excludes halogenated alkanes) is 1. The number of carbonyl (C=O) groups excluding carboxylic acids is 2. The Morgan fingerprint density at radius 2 is 1.88 bits per heavy atom. The molecule has 24 heavy (non-hydrogen) atoms. The van der Waals surface area contributed by atoms with Crippen LogP contribution in [0.1, 0.15) is 32.6 Å². The molecule has 0 aliphatic carbocycles. The third-order valence-electron chi connectivity index (χ3n) is 3.23. The summed E-state index contributed by atoms with van der Waals surface area (Å²) in [6.07, 6.45) is 1.20. The fourth-order valence-corrected chi connectivity index (χ4v) is 2.11. The van der Waals surface area contributed by atoms with Gasteiger partial charge >= 0.3 is 11.9 Å². The zero-order chi connectivity index (χ0) is 18.7. The number of carbonyl (C=O) groups is 4. The fourth-order valence-electron chi connectivity index (χ4n) is 1.86.